The van der Waals surface area contributed by atoms with Gasteiger partial charge in [-0.15, -0.1) is 0 Å². The predicted molar refractivity (Wildman–Crippen MR) is 130 cm³/mol. The van der Waals surface area contributed by atoms with Crippen molar-refractivity contribution in [2.75, 3.05) is 6.61 Å². The fraction of sp³-hybridized carbons (Fsp3) is 0.370. The van der Waals surface area contributed by atoms with Crippen LogP contribution in [-0.4, -0.2) is 28.6 Å². The van der Waals surface area contributed by atoms with Crippen molar-refractivity contribution in [1.82, 2.24) is 10.3 Å². The van der Waals surface area contributed by atoms with E-state index in [1.54, 1.807) is 0 Å². The van der Waals surface area contributed by atoms with Crippen LogP contribution in [0.2, 0.25) is 0 Å². The van der Waals surface area contributed by atoms with Crippen LogP contribution >= 0.6 is 0 Å². The van der Waals surface area contributed by atoms with Crippen molar-refractivity contribution >= 4 is 11.9 Å². The van der Waals surface area contributed by atoms with Gasteiger partial charge in [0.1, 0.15) is 11.5 Å². The van der Waals surface area contributed by atoms with E-state index < -0.39 is 11.4 Å². The van der Waals surface area contributed by atoms with Crippen LogP contribution in [0.1, 0.15) is 49.8 Å². The third kappa shape index (κ3) is 6.94. The molecule has 0 saturated heterocycles. The van der Waals surface area contributed by atoms with Gasteiger partial charge >= 0.3 is 5.97 Å². The van der Waals surface area contributed by atoms with E-state index >= 15 is 0 Å². The van der Waals surface area contributed by atoms with Gasteiger partial charge in [-0.3, -0.25) is 9.59 Å². The van der Waals surface area contributed by atoms with Crippen molar-refractivity contribution in [2.24, 2.45) is 5.41 Å². The molecule has 3 rings (SSSR count). The lowest BCUT2D eigenvalue weighted by Crippen LogP contribution is -2.34. The molecule has 0 fully saturated rings. The number of carboxylic acid groups (broad SMARTS) is 1. The third-order valence-corrected chi connectivity index (χ3v) is 5.43. The Bertz CT molecular complexity index is 1130. The monoisotopic (exact) mass is 464 g/mol. The Labute approximate surface area is 200 Å². The van der Waals surface area contributed by atoms with Gasteiger partial charge in [0.2, 0.25) is 11.8 Å². The minimum atomic E-state index is -0.858. The lowest BCUT2D eigenvalue weighted by Gasteiger charge is -2.19. The molecule has 0 saturated carbocycles. The molecule has 7 heteroatoms. The van der Waals surface area contributed by atoms with Crippen LogP contribution in [-0.2, 0) is 29.0 Å². The number of carbonyl (C=O) groups excluding carboxylic acids is 1. The maximum atomic E-state index is 12.3. The molecule has 1 amide bonds. The van der Waals surface area contributed by atoms with Crippen LogP contribution in [0.25, 0.3) is 11.5 Å². The Morgan fingerprint density at radius 1 is 1.06 bits per heavy atom. The molecule has 0 bridgehead atoms. The van der Waals surface area contributed by atoms with Gasteiger partial charge < -0.3 is 19.6 Å². The topological polar surface area (TPSA) is 102 Å². The molecule has 34 heavy (non-hydrogen) atoms. The molecule has 1 aromatic heterocycles. The van der Waals surface area contributed by atoms with Crippen LogP contribution in [0.15, 0.2) is 52.9 Å². The number of amides is 1. The summed E-state index contributed by atoms with van der Waals surface area (Å²) in [5.74, 6) is 1.08. The highest BCUT2D eigenvalue weighted by atomic mass is 16.5. The number of ether oxygens (including phenoxy) is 1. The number of aromatic nitrogens is 1. The summed E-state index contributed by atoms with van der Waals surface area (Å²) in [5, 5.41) is 12.0. The van der Waals surface area contributed by atoms with Crippen molar-refractivity contribution in [3.8, 4) is 17.2 Å². The Kier molecular flexibility index (Phi) is 8.10. The van der Waals surface area contributed by atoms with Crippen LogP contribution in [0, 0.1) is 12.3 Å². The van der Waals surface area contributed by atoms with Crippen molar-refractivity contribution in [1.29, 1.82) is 0 Å². The first-order chi connectivity index (χ1) is 16.1. The largest absolute Gasteiger partial charge is 0.493 e. The summed E-state index contributed by atoms with van der Waals surface area (Å²) in [6.07, 6.45) is 0.991. The maximum Gasteiger partial charge on any atom is 0.303 e. The number of aryl methyl sites for hydroxylation is 2. The maximum absolute atomic E-state index is 12.3. The normalized spacial score (nSPS) is 11.3. The number of aliphatic carboxylic acids is 1. The molecule has 0 aliphatic rings. The number of hydrogen-bond donors (Lipinski definition) is 2. The van der Waals surface area contributed by atoms with Crippen molar-refractivity contribution < 1.29 is 23.8 Å². The van der Waals surface area contributed by atoms with Gasteiger partial charge in [-0.25, -0.2) is 4.98 Å². The van der Waals surface area contributed by atoms with E-state index in [4.69, 9.17) is 14.3 Å². The van der Waals surface area contributed by atoms with Gasteiger partial charge in [0.25, 0.3) is 0 Å². The first kappa shape index (κ1) is 25.0. The summed E-state index contributed by atoms with van der Waals surface area (Å²) >= 11 is 0. The zero-order valence-electron chi connectivity index (χ0n) is 20.2. The average Bonchev–Trinajstić information content (AvgIpc) is 3.17. The first-order valence-corrected chi connectivity index (χ1v) is 11.4. The third-order valence-electron chi connectivity index (χ3n) is 5.43. The zero-order valence-corrected chi connectivity index (χ0v) is 20.2. The van der Waals surface area contributed by atoms with Crippen LogP contribution < -0.4 is 10.1 Å². The van der Waals surface area contributed by atoms with E-state index in [-0.39, 0.29) is 12.3 Å². The quantitative estimate of drug-likeness (QED) is 0.440. The number of rotatable bonds is 10. The number of hydrogen-bond acceptors (Lipinski definition) is 5. The van der Waals surface area contributed by atoms with Gasteiger partial charge in [0, 0.05) is 30.4 Å². The molecule has 0 aliphatic heterocycles. The van der Waals surface area contributed by atoms with E-state index in [2.05, 4.69) is 10.3 Å². The average molecular weight is 465 g/mol. The summed E-state index contributed by atoms with van der Waals surface area (Å²) in [7, 11) is 0. The minimum Gasteiger partial charge on any atom is -0.493 e. The van der Waals surface area contributed by atoms with Gasteiger partial charge in [-0.2, -0.15) is 0 Å². The van der Waals surface area contributed by atoms with Crippen LogP contribution in [0.3, 0.4) is 0 Å². The molecular formula is C27H32N2O5. The molecule has 0 atom stereocenters. The Balaban J connectivity index is 1.66. The van der Waals surface area contributed by atoms with Gasteiger partial charge in [-0.1, -0.05) is 45.0 Å². The molecule has 0 radical (unpaired) electrons. The molecule has 1 heterocycles. The SMILES string of the molecule is Cc1oc(-c2ccccc2)nc1CCOc1ccc(CCC(=O)O)c(CNC(=O)C(C)(C)C)c1. The molecule has 2 N–H and O–H groups in total. The van der Waals surface area contributed by atoms with E-state index in [0.29, 0.717) is 37.6 Å². The zero-order chi connectivity index (χ0) is 24.7. The smallest absolute Gasteiger partial charge is 0.303 e. The van der Waals surface area contributed by atoms with E-state index in [1.807, 2.05) is 76.2 Å². The lowest BCUT2D eigenvalue weighted by atomic mass is 9.95. The highest BCUT2D eigenvalue weighted by molar-refractivity contribution is 5.81. The Morgan fingerprint density at radius 3 is 2.47 bits per heavy atom. The Morgan fingerprint density at radius 2 is 1.79 bits per heavy atom. The molecule has 2 aromatic carbocycles. The molecule has 0 aliphatic carbocycles. The highest BCUT2D eigenvalue weighted by Gasteiger charge is 2.21. The summed E-state index contributed by atoms with van der Waals surface area (Å²) in [6, 6.07) is 15.3. The summed E-state index contributed by atoms with van der Waals surface area (Å²) in [4.78, 5) is 28.0. The number of benzene rings is 2. The number of carbonyl (C=O) groups is 2. The second-order valence-corrected chi connectivity index (χ2v) is 9.24. The standard InChI is InChI=1S/C27H32N2O5/c1-18-23(29-25(34-18)20-8-6-5-7-9-20)14-15-33-22-12-10-19(11-13-24(30)31)21(16-22)17-28-26(32)27(2,3)4/h5-10,12,16H,11,13-15,17H2,1-4H3,(H,28,32)(H,30,31). The minimum absolute atomic E-state index is 0.0234. The molecule has 3 aromatic rings. The number of oxazole rings is 1. The predicted octanol–water partition coefficient (Wildman–Crippen LogP) is 4.95. The van der Waals surface area contributed by atoms with Crippen molar-refractivity contribution in [3.05, 3.63) is 71.1 Å². The molecule has 0 unspecified atom stereocenters. The highest BCUT2D eigenvalue weighted by Crippen LogP contribution is 2.23. The van der Waals surface area contributed by atoms with Gasteiger partial charge in [-0.05, 0) is 48.7 Å². The fourth-order valence-corrected chi connectivity index (χ4v) is 3.41. The number of carboxylic acids is 1. The number of nitrogens with one attached hydrogen (secondary N) is 1. The van der Waals surface area contributed by atoms with Crippen molar-refractivity contribution in [3.63, 3.8) is 0 Å². The fourth-order valence-electron chi connectivity index (χ4n) is 3.41. The second-order valence-electron chi connectivity index (χ2n) is 9.24. The van der Waals surface area contributed by atoms with Gasteiger partial charge in [0.15, 0.2) is 0 Å². The molecule has 0 spiro atoms. The summed E-state index contributed by atoms with van der Waals surface area (Å²) in [5.41, 5.74) is 2.99. The van der Waals surface area contributed by atoms with Crippen LogP contribution in [0.4, 0.5) is 0 Å². The van der Waals surface area contributed by atoms with Gasteiger partial charge in [0.05, 0.1) is 12.3 Å². The molecular weight excluding hydrogens is 432 g/mol. The summed E-state index contributed by atoms with van der Waals surface area (Å²) < 4.78 is 11.8. The van der Waals surface area contributed by atoms with Crippen LogP contribution in [0.5, 0.6) is 5.75 Å². The molecule has 180 valence electrons. The Hall–Kier alpha value is -3.61. The molecule has 7 nitrogen and oxygen atoms in total. The second kappa shape index (κ2) is 11.0. The van der Waals surface area contributed by atoms with E-state index in [0.717, 1.165) is 28.1 Å². The van der Waals surface area contributed by atoms with E-state index in [1.165, 1.54) is 0 Å². The summed E-state index contributed by atoms with van der Waals surface area (Å²) in [6.45, 7) is 8.16. The lowest BCUT2D eigenvalue weighted by molar-refractivity contribution is -0.137. The van der Waals surface area contributed by atoms with E-state index in [9.17, 15) is 9.59 Å². The van der Waals surface area contributed by atoms with Crippen molar-refractivity contribution in [2.45, 2.75) is 53.5 Å². The number of nitrogens with zero attached hydrogens (tertiary/aromatic N) is 1. The first-order valence-electron chi connectivity index (χ1n) is 11.4.